The summed E-state index contributed by atoms with van der Waals surface area (Å²) < 4.78 is 5.71. The molecule has 4 heteroatoms. The van der Waals surface area contributed by atoms with E-state index in [9.17, 15) is 4.79 Å². The summed E-state index contributed by atoms with van der Waals surface area (Å²) in [6.07, 6.45) is -0.585. The second-order valence-corrected chi connectivity index (χ2v) is 4.04. The maximum absolute atomic E-state index is 10.2. The molecular formula is C11H10O3S. The number of fused-ring (bicyclic) bond motifs is 1. The molecule has 0 aliphatic rings. The first-order valence-electron chi connectivity index (χ1n) is 4.58. The average Bonchev–Trinajstić information content (AvgIpc) is 2.65. The number of carbonyl (C=O) groups is 1. The van der Waals surface area contributed by atoms with Gasteiger partial charge in [-0.1, -0.05) is 18.2 Å². The quantitative estimate of drug-likeness (QED) is 0.811. The molecule has 0 saturated carbocycles. The summed E-state index contributed by atoms with van der Waals surface area (Å²) in [5.41, 5.74) is 1.14. The topological polar surface area (TPSA) is 46.5 Å². The zero-order valence-electron chi connectivity index (χ0n) is 7.97. The lowest BCUT2D eigenvalue weighted by Gasteiger charge is -2.02. The predicted octanol–water partition coefficient (Wildman–Crippen LogP) is 3.14. The van der Waals surface area contributed by atoms with Crippen LogP contribution in [0.1, 0.15) is 5.56 Å². The minimum absolute atomic E-state index is 0.215. The van der Waals surface area contributed by atoms with Crippen LogP contribution in [0.5, 0.6) is 0 Å². The Morgan fingerprint density at radius 1 is 1.40 bits per heavy atom. The second kappa shape index (κ2) is 4.31. The van der Waals surface area contributed by atoms with Crippen LogP contribution >= 0.6 is 11.3 Å². The van der Waals surface area contributed by atoms with Crippen LogP contribution in [0.4, 0.5) is 4.79 Å². The van der Waals surface area contributed by atoms with Crippen molar-refractivity contribution in [3.8, 4) is 0 Å². The molecule has 1 N–H and O–H groups in total. The van der Waals surface area contributed by atoms with Crippen molar-refractivity contribution in [1.82, 2.24) is 0 Å². The number of rotatable bonds is 3. The molecule has 1 heterocycles. The summed E-state index contributed by atoms with van der Waals surface area (Å²) >= 11 is 1.67. The number of carboxylic acid groups (broad SMARTS) is 1. The minimum atomic E-state index is -1.21. The second-order valence-electron chi connectivity index (χ2n) is 3.12. The van der Waals surface area contributed by atoms with Crippen molar-refractivity contribution in [3.05, 3.63) is 35.2 Å². The highest BCUT2D eigenvalue weighted by atomic mass is 32.1. The van der Waals surface area contributed by atoms with E-state index in [1.807, 2.05) is 23.6 Å². The number of benzene rings is 1. The van der Waals surface area contributed by atoms with Gasteiger partial charge in [0.25, 0.3) is 0 Å². The molecule has 1 aromatic carbocycles. The fourth-order valence-electron chi connectivity index (χ4n) is 1.50. The maximum Gasteiger partial charge on any atom is 0.505 e. The van der Waals surface area contributed by atoms with Crippen molar-refractivity contribution in [2.24, 2.45) is 0 Å². The van der Waals surface area contributed by atoms with E-state index in [1.54, 1.807) is 11.3 Å². The van der Waals surface area contributed by atoms with Crippen molar-refractivity contribution in [2.75, 3.05) is 6.61 Å². The third kappa shape index (κ3) is 2.27. The Morgan fingerprint density at radius 2 is 2.27 bits per heavy atom. The van der Waals surface area contributed by atoms with E-state index >= 15 is 0 Å². The van der Waals surface area contributed by atoms with Crippen LogP contribution in [-0.2, 0) is 11.2 Å². The Bertz CT molecular complexity index is 475. The van der Waals surface area contributed by atoms with Gasteiger partial charge in [-0.2, -0.15) is 0 Å². The molecule has 0 radical (unpaired) electrons. The van der Waals surface area contributed by atoms with E-state index in [0.717, 1.165) is 5.56 Å². The lowest BCUT2D eigenvalue weighted by atomic mass is 10.1. The summed E-state index contributed by atoms with van der Waals surface area (Å²) in [6.45, 7) is 0.215. The number of hydrogen-bond acceptors (Lipinski definition) is 3. The molecule has 78 valence electrons. The molecule has 0 atom stereocenters. The molecule has 0 unspecified atom stereocenters. The van der Waals surface area contributed by atoms with Gasteiger partial charge >= 0.3 is 6.16 Å². The molecule has 0 bridgehead atoms. The van der Waals surface area contributed by atoms with Crippen LogP contribution < -0.4 is 0 Å². The molecule has 0 aliphatic heterocycles. The molecule has 1 aromatic heterocycles. The first-order chi connectivity index (χ1) is 7.27. The number of hydrogen-bond donors (Lipinski definition) is 1. The first kappa shape index (κ1) is 9.98. The fraction of sp³-hybridized carbons (Fsp3) is 0.182. The van der Waals surface area contributed by atoms with Crippen molar-refractivity contribution in [1.29, 1.82) is 0 Å². The molecule has 0 spiro atoms. The Balaban J connectivity index is 2.13. The minimum Gasteiger partial charge on any atom is -0.450 e. The van der Waals surface area contributed by atoms with Crippen LogP contribution in [0.3, 0.4) is 0 Å². The van der Waals surface area contributed by atoms with Gasteiger partial charge in [-0.15, -0.1) is 11.3 Å². The SMILES string of the molecule is O=C(O)OCCc1cccc2ccsc12. The van der Waals surface area contributed by atoms with Crippen LogP contribution in [0, 0.1) is 0 Å². The fourth-order valence-corrected chi connectivity index (χ4v) is 2.44. The summed E-state index contributed by atoms with van der Waals surface area (Å²) in [7, 11) is 0. The molecule has 0 fully saturated rings. The third-order valence-electron chi connectivity index (χ3n) is 2.16. The van der Waals surface area contributed by atoms with Crippen LogP contribution in [0.15, 0.2) is 29.6 Å². The molecule has 3 nitrogen and oxygen atoms in total. The number of thiophene rings is 1. The molecule has 2 rings (SSSR count). The summed E-state index contributed by atoms with van der Waals surface area (Å²) in [5, 5.41) is 11.6. The van der Waals surface area contributed by atoms with Gasteiger partial charge in [-0.25, -0.2) is 4.79 Å². The zero-order chi connectivity index (χ0) is 10.7. The standard InChI is InChI=1S/C11H10O3S/c12-11(13)14-6-4-8-2-1-3-9-5-7-15-10(8)9/h1-3,5,7H,4,6H2,(H,12,13). The van der Waals surface area contributed by atoms with Gasteiger partial charge in [0.05, 0.1) is 6.61 Å². The smallest absolute Gasteiger partial charge is 0.450 e. The molecule has 0 saturated heterocycles. The van der Waals surface area contributed by atoms with Crippen LogP contribution in [0.2, 0.25) is 0 Å². The highest BCUT2D eigenvalue weighted by molar-refractivity contribution is 7.17. The molecular weight excluding hydrogens is 212 g/mol. The van der Waals surface area contributed by atoms with Crippen LogP contribution in [0.25, 0.3) is 10.1 Å². The van der Waals surface area contributed by atoms with Crippen LogP contribution in [-0.4, -0.2) is 17.9 Å². The number of ether oxygens (including phenoxy) is 1. The van der Waals surface area contributed by atoms with E-state index < -0.39 is 6.16 Å². The van der Waals surface area contributed by atoms with E-state index in [4.69, 9.17) is 5.11 Å². The van der Waals surface area contributed by atoms with Crippen molar-refractivity contribution in [3.63, 3.8) is 0 Å². The van der Waals surface area contributed by atoms with E-state index in [2.05, 4.69) is 10.8 Å². The van der Waals surface area contributed by atoms with Gasteiger partial charge in [0.15, 0.2) is 0 Å². The summed E-state index contributed by atoms with van der Waals surface area (Å²) in [4.78, 5) is 10.2. The zero-order valence-corrected chi connectivity index (χ0v) is 8.79. The summed E-state index contributed by atoms with van der Waals surface area (Å²) in [5.74, 6) is 0. The van der Waals surface area contributed by atoms with Gasteiger partial charge < -0.3 is 9.84 Å². The Labute approximate surface area is 90.9 Å². The van der Waals surface area contributed by atoms with E-state index in [0.29, 0.717) is 6.42 Å². The van der Waals surface area contributed by atoms with Gasteiger partial charge in [-0.3, -0.25) is 0 Å². The van der Waals surface area contributed by atoms with Gasteiger partial charge in [0.2, 0.25) is 0 Å². The predicted molar refractivity (Wildman–Crippen MR) is 59.5 cm³/mol. The lowest BCUT2D eigenvalue weighted by Crippen LogP contribution is -2.04. The molecule has 0 aliphatic carbocycles. The first-order valence-corrected chi connectivity index (χ1v) is 5.46. The Kier molecular flexibility index (Phi) is 2.87. The van der Waals surface area contributed by atoms with Crippen molar-refractivity contribution in [2.45, 2.75) is 6.42 Å². The highest BCUT2D eigenvalue weighted by Gasteiger charge is 2.03. The highest BCUT2D eigenvalue weighted by Crippen LogP contribution is 2.24. The monoisotopic (exact) mass is 222 g/mol. The Morgan fingerprint density at radius 3 is 3.07 bits per heavy atom. The molecule has 15 heavy (non-hydrogen) atoms. The lowest BCUT2D eigenvalue weighted by molar-refractivity contribution is 0.0928. The van der Waals surface area contributed by atoms with Gasteiger partial charge in [0.1, 0.15) is 0 Å². The van der Waals surface area contributed by atoms with Gasteiger partial charge in [-0.05, 0) is 22.4 Å². The Hall–Kier alpha value is -1.55. The average molecular weight is 222 g/mol. The van der Waals surface area contributed by atoms with Gasteiger partial charge in [0, 0.05) is 11.1 Å². The molecule has 0 amide bonds. The van der Waals surface area contributed by atoms with E-state index in [-0.39, 0.29) is 6.61 Å². The molecule has 2 aromatic rings. The van der Waals surface area contributed by atoms with Crippen molar-refractivity contribution < 1.29 is 14.6 Å². The van der Waals surface area contributed by atoms with E-state index in [1.165, 1.54) is 10.1 Å². The van der Waals surface area contributed by atoms with Crippen molar-refractivity contribution >= 4 is 27.6 Å². The third-order valence-corrected chi connectivity index (χ3v) is 3.16. The summed E-state index contributed by atoms with van der Waals surface area (Å²) in [6, 6.07) is 8.09. The normalized spacial score (nSPS) is 10.4. The largest absolute Gasteiger partial charge is 0.505 e. The maximum atomic E-state index is 10.2.